The van der Waals surface area contributed by atoms with E-state index in [1.54, 1.807) is 0 Å². The third-order valence-corrected chi connectivity index (χ3v) is 7.28. The molecule has 5 nitrogen and oxygen atoms in total. The van der Waals surface area contributed by atoms with Gasteiger partial charge in [0.1, 0.15) is 0 Å². The average Bonchev–Trinajstić information content (AvgIpc) is 2.98. The summed E-state index contributed by atoms with van der Waals surface area (Å²) in [7, 11) is 0. The average molecular weight is 610 g/mol. The van der Waals surface area contributed by atoms with Crippen LogP contribution in [0.1, 0.15) is 76.6 Å². The lowest BCUT2D eigenvalue weighted by atomic mass is 9.96. The number of nitrogens with zero attached hydrogens (tertiary/aromatic N) is 1. The van der Waals surface area contributed by atoms with Crippen molar-refractivity contribution in [3.63, 3.8) is 0 Å². The minimum atomic E-state index is -0.289. The molecular formula is C40H51NO4. The SMILES string of the molecule is Cc1ccc(N(c2ccc(CCCOC(=O)/C=C/C(C)(C)C)cc2)c2ccc(CCCOC(=O)/C=C/C(C)(C)C)cc2)cc1C. The van der Waals surface area contributed by atoms with E-state index in [4.69, 9.17) is 9.47 Å². The Morgan fingerprint density at radius 2 is 1.00 bits per heavy atom. The summed E-state index contributed by atoms with van der Waals surface area (Å²) in [5.74, 6) is -0.578. The summed E-state index contributed by atoms with van der Waals surface area (Å²) in [5, 5.41) is 0. The van der Waals surface area contributed by atoms with Crippen molar-refractivity contribution in [3.8, 4) is 0 Å². The standard InChI is InChI=1S/C40H51NO4/c1-30-13-18-36(29-31(30)2)41(34-19-14-32(15-20-34)11-9-27-44-37(42)23-25-39(3,4)5)35-21-16-33(17-22-35)12-10-28-45-38(43)24-26-40(6,7)8/h13-26,29H,9-12,27-28H2,1-8H3/b25-23+,26-24+. The second kappa shape index (κ2) is 16.3. The molecule has 240 valence electrons. The molecule has 5 heteroatoms. The Kier molecular flexibility index (Phi) is 12.8. The zero-order valence-electron chi connectivity index (χ0n) is 28.5. The van der Waals surface area contributed by atoms with Crippen molar-refractivity contribution in [2.24, 2.45) is 10.8 Å². The van der Waals surface area contributed by atoms with Crippen molar-refractivity contribution in [2.45, 2.75) is 81.1 Å². The molecule has 0 aromatic heterocycles. The summed E-state index contributed by atoms with van der Waals surface area (Å²) in [4.78, 5) is 26.2. The van der Waals surface area contributed by atoms with Crippen molar-refractivity contribution in [1.82, 2.24) is 0 Å². The van der Waals surface area contributed by atoms with Crippen LogP contribution in [-0.2, 0) is 31.9 Å². The van der Waals surface area contributed by atoms with E-state index in [2.05, 4.69) is 85.5 Å². The molecule has 0 radical (unpaired) electrons. The molecule has 45 heavy (non-hydrogen) atoms. The van der Waals surface area contributed by atoms with Crippen LogP contribution in [0.4, 0.5) is 17.1 Å². The van der Waals surface area contributed by atoms with Gasteiger partial charge in [0.05, 0.1) is 13.2 Å². The highest BCUT2D eigenvalue weighted by Crippen LogP contribution is 2.35. The lowest BCUT2D eigenvalue weighted by molar-refractivity contribution is -0.138. The Morgan fingerprint density at radius 3 is 1.38 bits per heavy atom. The molecule has 0 unspecified atom stereocenters. The maximum absolute atomic E-state index is 12.0. The fourth-order valence-corrected chi connectivity index (χ4v) is 4.57. The number of aryl methyl sites for hydroxylation is 4. The van der Waals surface area contributed by atoms with E-state index in [1.807, 2.05) is 53.7 Å². The first kappa shape index (κ1) is 35.4. The molecule has 3 rings (SSSR count). The lowest BCUT2D eigenvalue weighted by Crippen LogP contribution is -2.11. The van der Waals surface area contributed by atoms with Crippen molar-refractivity contribution in [3.05, 3.63) is 113 Å². The topological polar surface area (TPSA) is 55.8 Å². The van der Waals surface area contributed by atoms with Crippen molar-refractivity contribution in [1.29, 1.82) is 0 Å². The minimum absolute atomic E-state index is 0.0460. The van der Waals surface area contributed by atoms with Crippen LogP contribution < -0.4 is 4.90 Å². The first-order valence-electron chi connectivity index (χ1n) is 16.0. The smallest absolute Gasteiger partial charge is 0.330 e. The Bertz CT molecular complexity index is 1360. The highest BCUT2D eigenvalue weighted by Gasteiger charge is 2.14. The number of allylic oxidation sites excluding steroid dienone is 2. The van der Waals surface area contributed by atoms with Crippen LogP contribution in [-0.4, -0.2) is 25.2 Å². The zero-order chi connectivity index (χ0) is 33.0. The van der Waals surface area contributed by atoms with Gasteiger partial charge in [-0.15, -0.1) is 0 Å². The molecule has 0 spiro atoms. The van der Waals surface area contributed by atoms with Crippen LogP contribution in [0.25, 0.3) is 0 Å². The summed E-state index contributed by atoms with van der Waals surface area (Å²) >= 11 is 0. The molecule has 0 fully saturated rings. The van der Waals surface area contributed by atoms with E-state index in [9.17, 15) is 9.59 Å². The third kappa shape index (κ3) is 12.8. The molecule has 0 amide bonds. The molecule has 0 saturated carbocycles. The van der Waals surface area contributed by atoms with E-state index >= 15 is 0 Å². The molecule has 0 atom stereocenters. The van der Waals surface area contributed by atoms with Crippen LogP contribution in [0.2, 0.25) is 0 Å². The number of hydrogen-bond donors (Lipinski definition) is 0. The Morgan fingerprint density at radius 1 is 0.600 bits per heavy atom. The van der Waals surface area contributed by atoms with Gasteiger partial charge in [0.2, 0.25) is 0 Å². The summed E-state index contributed by atoms with van der Waals surface area (Å²) in [6, 6.07) is 23.8. The first-order valence-corrected chi connectivity index (χ1v) is 16.0. The van der Waals surface area contributed by atoms with Crippen molar-refractivity contribution in [2.75, 3.05) is 18.1 Å². The molecule has 0 aliphatic rings. The number of esters is 2. The lowest BCUT2D eigenvalue weighted by Gasteiger charge is -2.26. The number of carbonyl (C=O) groups excluding carboxylic acids is 2. The van der Waals surface area contributed by atoms with Crippen LogP contribution in [0.5, 0.6) is 0 Å². The van der Waals surface area contributed by atoms with Gasteiger partial charge in [-0.25, -0.2) is 9.59 Å². The fourth-order valence-electron chi connectivity index (χ4n) is 4.57. The van der Waals surface area contributed by atoms with Crippen LogP contribution in [0, 0.1) is 24.7 Å². The van der Waals surface area contributed by atoms with Crippen molar-refractivity contribution < 1.29 is 19.1 Å². The fraction of sp³-hybridized carbons (Fsp3) is 0.400. The van der Waals surface area contributed by atoms with Crippen LogP contribution >= 0.6 is 0 Å². The van der Waals surface area contributed by atoms with Gasteiger partial charge in [-0.05, 0) is 109 Å². The first-order chi connectivity index (χ1) is 21.2. The molecule has 3 aromatic carbocycles. The largest absolute Gasteiger partial charge is 0.463 e. The molecule has 0 bridgehead atoms. The Hall–Kier alpha value is -4.12. The highest BCUT2D eigenvalue weighted by molar-refractivity contribution is 5.82. The molecule has 0 N–H and O–H groups in total. The molecule has 0 aliphatic heterocycles. The number of ether oxygens (including phenoxy) is 2. The minimum Gasteiger partial charge on any atom is -0.463 e. The second-order valence-corrected chi connectivity index (χ2v) is 13.9. The number of anilines is 3. The monoisotopic (exact) mass is 609 g/mol. The van der Waals surface area contributed by atoms with Gasteiger partial charge < -0.3 is 14.4 Å². The Labute approximate surface area is 271 Å². The summed E-state index contributed by atoms with van der Waals surface area (Å²) in [6.07, 6.45) is 9.98. The summed E-state index contributed by atoms with van der Waals surface area (Å²) in [6.45, 7) is 17.4. The number of rotatable bonds is 13. The maximum Gasteiger partial charge on any atom is 0.330 e. The van der Waals surface area contributed by atoms with Crippen LogP contribution in [0.15, 0.2) is 91.0 Å². The Balaban J connectivity index is 1.64. The highest BCUT2D eigenvalue weighted by atomic mass is 16.5. The predicted octanol–water partition coefficient (Wildman–Crippen LogP) is 9.93. The number of benzene rings is 3. The predicted molar refractivity (Wildman–Crippen MR) is 186 cm³/mol. The number of carbonyl (C=O) groups is 2. The van der Waals surface area contributed by atoms with E-state index < -0.39 is 0 Å². The normalized spacial score (nSPS) is 12.1. The maximum atomic E-state index is 12.0. The quantitative estimate of drug-likeness (QED) is 0.110. The van der Waals surface area contributed by atoms with Gasteiger partial charge in [0.25, 0.3) is 0 Å². The van der Waals surface area contributed by atoms with E-state index in [-0.39, 0.29) is 22.8 Å². The third-order valence-electron chi connectivity index (χ3n) is 7.28. The van der Waals surface area contributed by atoms with E-state index in [0.717, 1.165) is 42.7 Å². The van der Waals surface area contributed by atoms with E-state index in [0.29, 0.717) is 13.2 Å². The van der Waals surface area contributed by atoms with Gasteiger partial charge in [0.15, 0.2) is 0 Å². The van der Waals surface area contributed by atoms with Gasteiger partial charge in [-0.2, -0.15) is 0 Å². The van der Waals surface area contributed by atoms with Gasteiger partial charge in [0, 0.05) is 29.2 Å². The molecule has 0 heterocycles. The number of hydrogen-bond acceptors (Lipinski definition) is 5. The van der Waals surface area contributed by atoms with Gasteiger partial charge in [-0.3, -0.25) is 0 Å². The molecule has 0 saturated heterocycles. The molecule has 0 aliphatic carbocycles. The second-order valence-electron chi connectivity index (χ2n) is 13.9. The molecular weight excluding hydrogens is 558 g/mol. The summed E-state index contributed by atoms with van der Waals surface area (Å²) < 4.78 is 10.7. The van der Waals surface area contributed by atoms with Crippen molar-refractivity contribution >= 4 is 29.0 Å². The van der Waals surface area contributed by atoms with E-state index in [1.165, 1.54) is 34.4 Å². The summed E-state index contributed by atoms with van der Waals surface area (Å²) in [5.41, 5.74) is 8.05. The van der Waals surface area contributed by atoms with Gasteiger partial charge in [-0.1, -0.05) is 84.0 Å². The molecule has 3 aromatic rings. The van der Waals surface area contributed by atoms with Crippen LogP contribution in [0.3, 0.4) is 0 Å². The van der Waals surface area contributed by atoms with Gasteiger partial charge >= 0.3 is 11.9 Å². The zero-order valence-corrected chi connectivity index (χ0v) is 28.5.